The molecule has 9 heteroatoms. The second-order valence-corrected chi connectivity index (χ2v) is 10.1. The number of rotatable bonds is 4. The molecule has 2 rings (SSSR count). The number of piperidine rings is 1. The van der Waals surface area contributed by atoms with Gasteiger partial charge >= 0.3 is 6.09 Å². The van der Waals surface area contributed by atoms with Gasteiger partial charge in [-0.25, -0.2) is 4.79 Å². The Morgan fingerprint density at radius 1 is 1.00 bits per heavy atom. The van der Waals surface area contributed by atoms with Gasteiger partial charge in [0.25, 0.3) is 0 Å². The molecular weight excluding hydrogens is 497 g/mol. The number of hydrogen-bond donors (Lipinski definition) is 3. The normalized spacial score (nSPS) is 24.0. The number of guanidine groups is 1. The molecule has 0 aromatic rings. The Labute approximate surface area is 198 Å². The molecule has 8 nitrogen and oxygen atoms in total. The maximum atomic E-state index is 12.6. The molecule has 2 unspecified atom stereocenters. The maximum absolute atomic E-state index is 12.6. The van der Waals surface area contributed by atoms with Crippen molar-refractivity contribution >= 4 is 41.9 Å². The molecule has 2 amide bonds. The van der Waals surface area contributed by atoms with E-state index in [0.29, 0.717) is 13.1 Å². The van der Waals surface area contributed by atoms with Crippen molar-refractivity contribution in [2.75, 3.05) is 20.1 Å². The van der Waals surface area contributed by atoms with Gasteiger partial charge in [-0.1, -0.05) is 20.8 Å². The predicted molar refractivity (Wildman–Crippen MR) is 130 cm³/mol. The first-order valence-electron chi connectivity index (χ1n) is 10.7. The van der Waals surface area contributed by atoms with Crippen LogP contribution in [0, 0.1) is 5.41 Å². The van der Waals surface area contributed by atoms with E-state index in [1.54, 1.807) is 7.05 Å². The first kappa shape index (κ1) is 26.8. The van der Waals surface area contributed by atoms with Crippen LogP contribution in [0.1, 0.15) is 67.2 Å². The molecule has 0 saturated carbocycles. The van der Waals surface area contributed by atoms with Crippen LogP contribution < -0.4 is 16.0 Å². The highest BCUT2D eigenvalue weighted by molar-refractivity contribution is 14.0. The van der Waals surface area contributed by atoms with E-state index in [0.717, 1.165) is 31.6 Å². The van der Waals surface area contributed by atoms with Gasteiger partial charge in [0.2, 0.25) is 5.91 Å². The number of fused-ring (bicyclic) bond motifs is 2. The highest BCUT2D eigenvalue weighted by atomic mass is 127. The number of amides is 2. The molecule has 0 aliphatic carbocycles. The zero-order chi connectivity index (χ0) is 21.8. The first-order valence-corrected chi connectivity index (χ1v) is 10.7. The molecule has 30 heavy (non-hydrogen) atoms. The van der Waals surface area contributed by atoms with Crippen LogP contribution >= 0.6 is 24.0 Å². The van der Waals surface area contributed by atoms with E-state index in [1.807, 2.05) is 46.4 Å². The number of nitrogens with zero attached hydrogens (tertiary/aromatic N) is 2. The summed E-state index contributed by atoms with van der Waals surface area (Å²) in [4.78, 5) is 30.7. The lowest BCUT2D eigenvalue weighted by Gasteiger charge is -2.40. The van der Waals surface area contributed by atoms with E-state index in [4.69, 9.17) is 4.74 Å². The van der Waals surface area contributed by atoms with E-state index in [1.165, 1.54) is 0 Å². The second-order valence-electron chi connectivity index (χ2n) is 10.1. The van der Waals surface area contributed by atoms with Gasteiger partial charge in [0.15, 0.2) is 5.96 Å². The molecule has 2 saturated heterocycles. The van der Waals surface area contributed by atoms with E-state index in [-0.39, 0.29) is 59.5 Å². The van der Waals surface area contributed by atoms with Gasteiger partial charge in [0, 0.05) is 43.7 Å². The van der Waals surface area contributed by atoms with Gasteiger partial charge in [-0.2, -0.15) is 0 Å². The first-order chi connectivity index (χ1) is 13.4. The Balaban J connectivity index is 0.00000450. The number of nitrogens with one attached hydrogen (secondary N) is 3. The van der Waals surface area contributed by atoms with Crippen molar-refractivity contribution in [1.82, 2.24) is 20.9 Å². The third-order valence-corrected chi connectivity index (χ3v) is 5.29. The number of halogens is 1. The largest absolute Gasteiger partial charge is 0.444 e. The summed E-state index contributed by atoms with van der Waals surface area (Å²) in [7, 11) is 1.74. The van der Waals surface area contributed by atoms with Gasteiger partial charge in [0.05, 0.1) is 0 Å². The monoisotopic (exact) mass is 537 g/mol. The minimum Gasteiger partial charge on any atom is -0.444 e. The highest BCUT2D eigenvalue weighted by Crippen LogP contribution is 2.36. The fraction of sp³-hybridized carbons (Fsp3) is 0.857. The zero-order valence-electron chi connectivity index (χ0n) is 19.5. The molecule has 174 valence electrons. The summed E-state index contributed by atoms with van der Waals surface area (Å²) in [5.41, 5.74) is -0.860. The molecule has 2 fully saturated rings. The van der Waals surface area contributed by atoms with Gasteiger partial charge in [-0.3, -0.25) is 9.79 Å². The average molecular weight is 537 g/mol. The lowest BCUT2D eigenvalue weighted by molar-refractivity contribution is -0.128. The van der Waals surface area contributed by atoms with Crippen molar-refractivity contribution in [3.63, 3.8) is 0 Å². The number of ether oxygens (including phenoxy) is 1. The van der Waals surface area contributed by atoms with Crippen LogP contribution in [0.5, 0.6) is 0 Å². The van der Waals surface area contributed by atoms with Gasteiger partial charge in [-0.15, -0.1) is 24.0 Å². The Hall–Kier alpha value is -1.26. The molecule has 2 heterocycles. The Morgan fingerprint density at radius 3 is 2.00 bits per heavy atom. The minimum absolute atomic E-state index is 0. The third kappa shape index (κ3) is 7.77. The Bertz CT molecular complexity index is 613. The van der Waals surface area contributed by atoms with E-state index >= 15 is 0 Å². The summed E-state index contributed by atoms with van der Waals surface area (Å²) in [6.07, 6.45) is 3.62. The van der Waals surface area contributed by atoms with Crippen molar-refractivity contribution in [2.45, 2.75) is 91.0 Å². The third-order valence-electron chi connectivity index (χ3n) is 5.29. The molecule has 2 atom stereocenters. The summed E-state index contributed by atoms with van der Waals surface area (Å²) < 4.78 is 5.60. The zero-order valence-corrected chi connectivity index (χ0v) is 21.8. The SMILES string of the molecule is CN=C(NCCNC(=O)C(C)(C)C)NC1CC2CCC(C1)N2C(=O)OC(C)(C)C.I. The quantitative estimate of drug-likeness (QED) is 0.222. The van der Waals surface area contributed by atoms with Crippen molar-refractivity contribution in [2.24, 2.45) is 10.4 Å². The van der Waals surface area contributed by atoms with Crippen LogP contribution in [0.2, 0.25) is 0 Å². The topological polar surface area (TPSA) is 95.1 Å². The number of hydrogen-bond acceptors (Lipinski definition) is 4. The molecule has 0 radical (unpaired) electrons. The summed E-state index contributed by atoms with van der Waals surface area (Å²) in [6, 6.07) is 0.692. The Kier molecular flexibility index (Phi) is 9.69. The van der Waals surface area contributed by atoms with Crippen molar-refractivity contribution in [3.05, 3.63) is 0 Å². The fourth-order valence-electron chi connectivity index (χ4n) is 3.92. The van der Waals surface area contributed by atoms with Crippen molar-refractivity contribution in [1.29, 1.82) is 0 Å². The van der Waals surface area contributed by atoms with Crippen LogP contribution in [-0.2, 0) is 9.53 Å². The van der Waals surface area contributed by atoms with E-state index in [2.05, 4.69) is 20.9 Å². The molecule has 0 aromatic carbocycles. The van der Waals surface area contributed by atoms with Crippen LogP contribution in [0.3, 0.4) is 0 Å². The van der Waals surface area contributed by atoms with Gasteiger partial charge in [-0.05, 0) is 46.5 Å². The maximum Gasteiger partial charge on any atom is 0.410 e. The lowest BCUT2D eigenvalue weighted by atomic mass is 9.96. The minimum atomic E-state index is -0.472. The molecular formula is C21H40IN5O3. The van der Waals surface area contributed by atoms with Crippen LogP contribution in [0.25, 0.3) is 0 Å². The van der Waals surface area contributed by atoms with Gasteiger partial charge in [0.1, 0.15) is 5.60 Å². The molecule has 2 bridgehead atoms. The fourth-order valence-corrected chi connectivity index (χ4v) is 3.92. The summed E-state index contributed by atoms with van der Waals surface area (Å²) in [5, 5.41) is 9.66. The Morgan fingerprint density at radius 2 is 1.53 bits per heavy atom. The standard InChI is InChI=1S/C21H39N5O3.HI/c1-20(2,3)17(27)23-10-11-24-18(22-7)25-14-12-15-8-9-16(13-14)26(15)19(28)29-21(4,5)6;/h14-16H,8-13H2,1-7H3,(H,23,27)(H2,22,24,25);1H. The summed E-state index contributed by atoms with van der Waals surface area (Å²) in [6.45, 7) is 12.5. The number of aliphatic imine (C=N–C) groups is 1. The number of carbonyl (C=O) groups excluding carboxylic acids is 2. The molecule has 0 spiro atoms. The molecule has 2 aliphatic rings. The van der Waals surface area contributed by atoms with Gasteiger partial charge < -0.3 is 25.6 Å². The summed E-state index contributed by atoms with van der Waals surface area (Å²) in [5.74, 6) is 0.762. The molecule has 3 N–H and O–H groups in total. The summed E-state index contributed by atoms with van der Waals surface area (Å²) >= 11 is 0. The predicted octanol–water partition coefficient (Wildman–Crippen LogP) is 2.86. The van der Waals surface area contributed by atoms with Crippen LogP contribution in [0.15, 0.2) is 4.99 Å². The smallest absolute Gasteiger partial charge is 0.410 e. The highest BCUT2D eigenvalue weighted by Gasteiger charge is 2.45. The lowest BCUT2D eigenvalue weighted by Crippen LogP contribution is -2.55. The average Bonchev–Trinajstić information content (AvgIpc) is 2.86. The van der Waals surface area contributed by atoms with Crippen molar-refractivity contribution in [3.8, 4) is 0 Å². The number of carbonyl (C=O) groups is 2. The van der Waals surface area contributed by atoms with E-state index in [9.17, 15) is 9.59 Å². The van der Waals surface area contributed by atoms with Crippen molar-refractivity contribution < 1.29 is 14.3 Å². The second kappa shape index (κ2) is 10.9. The van der Waals surface area contributed by atoms with Crippen LogP contribution in [0.4, 0.5) is 4.79 Å². The molecule has 2 aliphatic heterocycles. The molecule has 0 aromatic heterocycles. The van der Waals surface area contributed by atoms with Crippen LogP contribution in [-0.4, -0.2) is 66.7 Å². The van der Waals surface area contributed by atoms with E-state index < -0.39 is 5.60 Å².